The third-order valence-electron chi connectivity index (χ3n) is 3.20. The van der Waals surface area contributed by atoms with E-state index in [1.165, 1.54) is 25.3 Å². The van der Waals surface area contributed by atoms with Gasteiger partial charge in [0.05, 0.1) is 18.3 Å². The number of anilines is 1. The minimum atomic E-state index is -0.749. The van der Waals surface area contributed by atoms with E-state index in [9.17, 15) is 14.0 Å². The number of carbonyl (C=O) groups is 1. The second kappa shape index (κ2) is 6.39. The fourth-order valence-corrected chi connectivity index (χ4v) is 2.14. The first-order valence-corrected chi connectivity index (χ1v) is 6.76. The monoisotopic (exact) mass is 292 g/mol. The van der Waals surface area contributed by atoms with Crippen molar-refractivity contribution in [2.75, 3.05) is 19.0 Å². The Bertz CT molecular complexity index is 725. The number of carbonyl (C=O) groups excluding carboxylic acids is 1. The Morgan fingerprint density at radius 2 is 2.19 bits per heavy atom. The molecule has 1 aromatic heterocycles. The molecule has 112 valence electrons. The van der Waals surface area contributed by atoms with Crippen molar-refractivity contribution in [2.45, 2.75) is 19.8 Å². The molecule has 2 rings (SSSR count). The van der Waals surface area contributed by atoms with Crippen LogP contribution in [-0.4, -0.2) is 24.6 Å². The fourth-order valence-electron chi connectivity index (χ4n) is 2.14. The lowest BCUT2D eigenvalue weighted by molar-refractivity contribution is 0.0600. The zero-order chi connectivity index (χ0) is 15.4. The van der Waals surface area contributed by atoms with Gasteiger partial charge < -0.3 is 15.0 Å². The highest BCUT2D eigenvalue weighted by molar-refractivity contribution is 6.04. The van der Waals surface area contributed by atoms with E-state index in [1.54, 1.807) is 0 Å². The Balaban J connectivity index is 2.67. The summed E-state index contributed by atoms with van der Waals surface area (Å²) in [5.41, 5.74) is 0.0910. The van der Waals surface area contributed by atoms with Gasteiger partial charge in [-0.25, -0.2) is 9.18 Å². The second-order valence-electron chi connectivity index (χ2n) is 4.67. The molecule has 0 radical (unpaired) electrons. The molecular weight excluding hydrogens is 275 g/mol. The standard InChI is InChI=1S/C15H17FN2O3/c1-3-4-7-17-13-10-8-9(16)5-6-11(10)18-14(19)12(13)15(20)21-2/h5-6,8H,3-4,7H2,1-2H3,(H2,17,18,19). The number of benzene rings is 1. The van der Waals surface area contributed by atoms with E-state index in [4.69, 9.17) is 0 Å². The van der Waals surface area contributed by atoms with Crippen molar-refractivity contribution in [2.24, 2.45) is 0 Å². The van der Waals surface area contributed by atoms with E-state index in [0.717, 1.165) is 12.8 Å². The summed E-state index contributed by atoms with van der Waals surface area (Å²) in [6.45, 7) is 2.61. The highest BCUT2D eigenvalue weighted by Crippen LogP contribution is 2.25. The molecule has 5 nitrogen and oxygen atoms in total. The SMILES string of the molecule is CCCCNc1c(C(=O)OC)c(=O)[nH]c2ccc(F)cc12. The van der Waals surface area contributed by atoms with Crippen LogP contribution in [0.15, 0.2) is 23.0 Å². The van der Waals surface area contributed by atoms with Crippen molar-refractivity contribution in [3.05, 3.63) is 39.9 Å². The van der Waals surface area contributed by atoms with Gasteiger partial charge in [-0.05, 0) is 24.6 Å². The van der Waals surface area contributed by atoms with E-state index in [1.807, 2.05) is 6.92 Å². The maximum atomic E-state index is 13.5. The normalized spacial score (nSPS) is 10.6. The van der Waals surface area contributed by atoms with Crippen molar-refractivity contribution >= 4 is 22.6 Å². The number of H-pyrrole nitrogens is 1. The first-order valence-electron chi connectivity index (χ1n) is 6.76. The van der Waals surface area contributed by atoms with Crippen LogP contribution in [0.1, 0.15) is 30.1 Å². The predicted octanol–water partition coefficient (Wildman–Crippen LogP) is 2.67. The zero-order valence-corrected chi connectivity index (χ0v) is 12.0. The van der Waals surface area contributed by atoms with Crippen LogP contribution >= 0.6 is 0 Å². The van der Waals surface area contributed by atoms with Gasteiger partial charge in [0, 0.05) is 11.9 Å². The number of hydrogen-bond acceptors (Lipinski definition) is 4. The molecule has 0 bridgehead atoms. The molecule has 0 amide bonds. The van der Waals surface area contributed by atoms with Crippen LogP contribution in [0.3, 0.4) is 0 Å². The maximum Gasteiger partial charge on any atom is 0.345 e. The van der Waals surface area contributed by atoms with E-state index >= 15 is 0 Å². The Hall–Kier alpha value is -2.37. The van der Waals surface area contributed by atoms with Crippen LogP contribution in [0.4, 0.5) is 10.1 Å². The first-order chi connectivity index (χ1) is 10.1. The van der Waals surface area contributed by atoms with Gasteiger partial charge in [-0.15, -0.1) is 0 Å². The Labute approximate surface area is 121 Å². The molecule has 0 fully saturated rings. The molecule has 2 aromatic rings. The largest absolute Gasteiger partial charge is 0.465 e. The summed E-state index contributed by atoms with van der Waals surface area (Å²) in [5.74, 6) is -1.19. The number of fused-ring (bicyclic) bond motifs is 1. The quantitative estimate of drug-likeness (QED) is 0.656. The molecule has 0 aliphatic carbocycles. The number of pyridine rings is 1. The summed E-state index contributed by atoms with van der Waals surface area (Å²) in [6.07, 6.45) is 1.82. The number of aromatic nitrogens is 1. The summed E-state index contributed by atoms with van der Waals surface area (Å²) in [7, 11) is 1.20. The van der Waals surface area contributed by atoms with Gasteiger partial charge in [-0.1, -0.05) is 13.3 Å². The van der Waals surface area contributed by atoms with Crippen molar-refractivity contribution in [1.82, 2.24) is 4.98 Å². The van der Waals surface area contributed by atoms with Crippen LogP contribution in [0.5, 0.6) is 0 Å². The number of nitrogens with one attached hydrogen (secondary N) is 2. The third kappa shape index (κ3) is 3.04. The van der Waals surface area contributed by atoms with Crippen molar-refractivity contribution in [1.29, 1.82) is 0 Å². The fraction of sp³-hybridized carbons (Fsp3) is 0.333. The Morgan fingerprint density at radius 3 is 2.86 bits per heavy atom. The molecule has 0 atom stereocenters. The number of aromatic amines is 1. The maximum absolute atomic E-state index is 13.5. The molecule has 1 aromatic carbocycles. The first kappa shape index (κ1) is 15.0. The molecule has 21 heavy (non-hydrogen) atoms. The molecule has 0 spiro atoms. The van der Waals surface area contributed by atoms with Crippen LogP contribution in [0.2, 0.25) is 0 Å². The summed E-state index contributed by atoms with van der Waals surface area (Å²) < 4.78 is 18.1. The Kier molecular flexibility index (Phi) is 4.57. The number of unbranched alkanes of at least 4 members (excludes halogenated alkanes) is 1. The lowest BCUT2D eigenvalue weighted by Crippen LogP contribution is -2.22. The van der Waals surface area contributed by atoms with Crippen LogP contribution in [0, 0.1) is 5.82 Å². The minimum Gasteiger partial charge on any atom is -0.465 e. The zero-order valence-electron chi connectivity index (χ0n) is 12.0. The minimum absolute atomic E-state index is 0.133. The molecule has 0 saturated carbocycles. The second-order valence-corrected chi connectivity index (χ2v) is 4.67. The molecular formula is C15H17FN2O3. The number of halogens is 1. The lowest BCUT2D eigenvalue weighted by Gasteiger charge is -2.13. The molecule has 0 aliphatic heterocycles. The summed E-state index contributed by atoms with van der Waals surface area (Å²) in [6, 6.07) is 4.01. The van der Waals surface area contributed by atoms with E-state index in [-0.39, 0.29) is 5.56 Å². The van der Waals surface area contributed by atoms with Gasteiger partial charge >= 0.3 is 5.97 Å². The Morgan fingerprint density at radius 1 is 1.43 bits per heavy atom. The van der Waals surface area contributed by atoms with Crippen molar-refractivity contribution in [3.63, 3.8) is 0 Å². The van der Waals surface area contributed by atoms with Gasteiger partial charge in [-0.3, -0.25) is 4.79 Å². The topological polar surface area (TPSA) is 71.2 Å². The van der Waals surface area contributed by atoms with Crippen LogP contribution < -0.4 is 10.9 Å². The number of methoxy groups -OCH3 is 1. The van der Waals surface area contributed by atoms with Crippen LogP contribution in [-0.2, 0) is 4.74 Å². The highest BCUT2D eigenvalue weighted by Gasteiger charge is 2.20. The van der Waals surface area contributed by atoms with E-state index in [0.29, 0.717) is 23.1 Å². The summed E-state index contributed by atoms with van der Waals surface area (Å²) in [4.78, 5) is 26.5. The molecule has 0 unspecified atom stereocenters. The number of hydrogen-bond donors (Lipinski definition) is 2. The molecule has 6 heteroatoms. The van der Waals surface area contributed by atoms with E-state index in [2.05, 4.69) is 15.0 Å². The van der Waals surface area contributed by atoms with Crippen molar-refractivity contribution in [3.8, 4) is 0 Å². The average molecular weight is 292 g/mol. The average Bonchev–Trinajstić information content (AvgIpc) is 2.47. The highest BCUT2D eigenvalue weighted by atomic mass is 19.1. The number of rotatable bonds is 5. The van der Waals surface area contributed by atoms with Gasteiger partial charge in [-0.2, -0.15) is 0 Å². The van der Waals surface area contributed by atoms with E-state index < -0.39 is 17.3 Å². The lowest BCUT2D eigenvalue weighted by atomic mass is 10.1. The van der Waals surface area contributed by atoms with Crippen LogP contribution in [0.25, 0.3) is 10.9 Å². The van der Waals surface area contributed by atoms with Crippen molar-refractivity contribution < 1.29 is 13.9 Å². The van der Waals surface area contributed by atoms with Gasteiger partial charge in [0.25, 0.3) is 5.56 Å². The summed E-state index contributed by atoms with van der Waals surface area (Å²) >= 11 is 0. The predicted molar refractivity (Wildman–Crippen MR) is 79.3 cm³/mol. The molecule has 0 saturated heterocycles. The number of esters is 1. The smallest absolute Gasteiger partial charge is 0.345 e. The molecule has 1 heterocycles. The molecule has 0 aliphatic rings. The molecule has 2 N–H and O–H groups in total. The van der Waals surface area contributed by atoms with Gasteiger partial charge in [0.1, 0.15) is 11.4 Å². The third-order valence-corrected chi connectivity index (χ3v) is 3.20. The number of ether oxygens (including phenoxy) is 1. The van der Waals surface area contributed by atoms with Gasteiger partial charge in [0.15, 0.2) is 0 Å². The van der Waals surface area contributed by atoms with Gasteiger partial charge in [0.2, 0.25) is 0 Å². The summed E-state index contributed by atoms with van der Waals surface area (Å²) in [5, 5.41) is 3.50.